The summed E-state index contributed by atoms with van der Waals surface area (Å²) in [7, 11) is 0. The lowest BCUT2D eigenvalue weighted by atomic mass is 10.3. The van der Waals surface area contributed by atoms with Crippen molar-refractivity contribution < 1.29 is 4.79 Å². The molecule has 0 bridgehead atoms. The molecule has 1 amide bonds. The van der Waals surface area contributed by atoms with Crippen molar-refractivity contribution in [2.75, 3.05) is 5.32 Å². The molecule has 0 saturated heterocycles. The molecule has 0 spiro atoms. The van der Waals surface area contributed by atoms with Gasteiger partial charge in [0, 0.05) is 14.3 Å². The van der Waals surface area contributed by atoms with Gasteiger partial charge in [-0.2, -0.15) is 0 Å². The number of para-hydroxylation sites is 2. The molecule has 130 valence electrons. The van der Waals surface area contributed by atoms with Crippen LogP contribution in [-0.2, 0) is 11.3 Å². The van der Waals surface area contributed by atoms with Gasteiger partial charge in [0.15, 0.2) is 5.82 Å². The van der Waals surface area contributed by atoms with Gasteiger partial charge in [-0.25, -0.2) is 9.97 Å². The molecule has 2 heterocycles. The van der Waals surface area contributed by atoms with Crippen LogP contribution >= 0.6 is 43.2 Å². The second kappa shape index (κ2) is 7.30. The standard InChI is InChI=1S/C18H12Br2N4OS/c19-11-5-6-13(12(20)7-11)22-17(25)8-24-16-4-2-1-3-14(16)23-18(24)15-9-26-10-21-15/h1-7,9-10H,8H2,(H,22,25). The summed E-state index contributed by atoms with van der Waals surface area (Å²) in [6, 6.07) is 13.4. The number of amides is 1. The van der Waals surface area contributed by atoms with Crippen molar-refractivity contribution in [3.05, 3.63) is 62.3 Å². The van der Waals surface area contributed by atoms with Crippen LogP contribution in [0.4, 0.5) is 5.69 Å². The topological polar surface area (TPSA) is 59.8 Å². The van der Waals surface area contributed by atoms with Crippen molar-refractivity contribution >= 4 is 65.8 Å². The molecule has 0 atom stereocenters. The van der Waals surface area contributed by atoms with Crippen LogP contribution in [0.2, 0.25) is 0 Å². The van der Waals surface area contributed by atoms with Gasteiger partial charge < -0.3 is 9.88 Å². The smallest absolute Gasteiger partial charge is 0.244 e. The van der Waals surface area contributed by atoms with E-state index in [4.69, 9.17) is 0 Å². The number of thiazole rings is 1. The maximum Gasteiger partial charge on any atom is 0.244 e. The van der Waals surface area contributed by atoms with E-state index in [9.17, 15) is 4.79 Å². The van der Waals surface area contributed by atoms with Gasteiger partial charge in [-0.05, 0) is 46.3 Å². The Kier molecular flexibility index (Phi) is 4.88. The van der Waals surface area contributed by atoms with Crippen LogP contribution in [0.15, 0.2) is 62.3 Å². The number of nitrogens with one attached hydrogen (secondary N) is 1. The van der Waals surface area contributed by atoms with Crippen LogP contribution in [0.5, 0.6) is 0 Å². The van der Waals surface area contributed by atoms with E-state index in [0.29, 0.717) is 5.82 Å². The number of carbonyl (C=O) groups excluding carboxylic acids is 1. The molecule has 0 radical (unpaired) electrons. The van der Waals surface area contributed by atoms with Crippen molar-refractivity contribution in [1.29, 1.82) is 0 Å². The second-order valence-corrected chi connectivity index (χ2v) is 8.04. The SMILES string of the molecule is O=C(Cn1c(-c2cscn2)nc2ccccc21)Nc1ccc(Br)cc1Br. The molecule has 2 aromatic heterocycles. The first kappa shape index (κ1) is 17.4. The van der Waals surface area contributed by atoms with Gasteiger partial charge in [0.1, 0.15) is 12.2 Å². The zero-order valence-corrected chi connectivity index (χ0v) is 17.3. The summed E-state index contributed by atoms with van der Waals surface area (Å²) in [6.45, 7) is 0.149. The highest BCUT2D eigenvalue weighted by Crippen LogP contribution is 2.27. The number of aromatic nitrogens is 3. The minimum atomic E-state index is -0.132. The third-order valence-electron chi connectivity index (χ3n) is 3.82. The van der Waals surface area contributed by atoms with E-state index in [1.165, 1.54) is 11.3 Å². The number of benzene rings is 2. The van der Waals surface area contributed by atoms with Gasteiger partial charge in [0.2, 0.25) is 5.91 Å². The van der Waals surface area contributed by atoms with Crippen molar-refractivity contribution in [3.8, 4) is 11.5 Å². The highest BCUT2D eigenvalue weighted by Gasteiger charge is 2.17. The third-order valence-corrected chi connectivity index (χ3v) is 5.56. The van der Waals surface area contributed by atoms with Gasteiger partial charge in [0.05, 0.1) is 22.2 Å². The van der Waals surface area contributed by atoms with Crippen LogP contribution in [0.1, 0.15) is 0 Å². The predicted octanol–water partition coefficient (Wildman–Crippen LogP) is 5.32. The number of fused-ring (bicyclic) bond motifs is 1. The van der Waals surface area contributed by atoms with E-state index in [0.717, 1.165) is 31.4 Å². The first-order valence-electron chi connectivity index (χ1n) is 7.70. The molecule has 1 N–H and O–H groups in total. The van der Waals surface area contributed by atoms with Gasteiger partial charge in [0.25, 0.3) is 0 Å². The highest BCUT2D eigenvalue weighted by molar-refractivity contribution is 9.11. The third kappa shape index (κ3) is 3.44. The van der Waals surface area contributed by atoms with Gasteiger partial charge >= 0.3 is 0 Å². The number of hydrogen-bond donors (Lipinski definition) is 1. The van der Waals surface area contributed by atoms with Crippen LogP contribution in [0.3, 0.4) is 0 Å². The van der Waals surface area contributed by atoms with E-state index in [1.54, 1.807) is 5.51 Å². The molecule has 26 heavy (non-hydrogen) atoms. The normalized spacial score (nSPS) is 11.0. The Hall–Kier alpha value is -2.03. The summed E-state index contributed by atoms with van der Waals surface area (Å²) in [5.41, 5.74) is 4.99. The molecule has 8 heteroatoms. The van der Waals surface area contributed by atoms with Gasteiger partial charge in [-0.1, -0.05) is 28.1 Å². The summed E-state index contributed by atoms with van der Waals surface area (Å²) in [6.07, 6.45) is 0. The number of nitrogens with zero attached hydrogens (tertiary/aromatic N) is 3. The van der Waals surface area contributed by atoms with Crippen LogP contribution in [-0.4, -0.2) is 20.4 Å². The van der Waals surface area contributed by atoms with Gasteiger partial charge in [-0.3, -0.25) is 4.79 Å². The van der Waals surface area contributed by atoms with E-state index >= 15 is 0 Å². The molecule has 4 aromatic rings. The summed E-state index contributed by atoms with van der Waals surface area (Å²) < 4.78 is 3.65. The quantitative estimate of drug-likeness (QED) is 0.420. The Bertz CT molecular complexity index is 1090. The Morgan fingerprint density at radius 3 is 2.81 bits per heavy atom. The second-order valence-electron chi connectivity index (χ2n) is 5.56. The zero-order chi connectivity index (χ0) is 18.1. The van der Waals surface area contributed by atoms with Crippen LogP contribution in [0, 0.1) is 0 Å². The lowest BCUT2D eigenvalue weighted by Crippen LogP contribution is -2.19. The predicted molar refractivity (Wildman–Crippen MR) is 111 cm³/mol. The van der Waals surface area contributed by atoms with Crippen molar-refractivity contribution in [3.63, 3.8) is 0 Å². The molecule has 5 nitrogen and oxygen atoms in total. The van der Waals surface area contributed by atoms with E-state index in [-0.39, 0.29) is 12.5 Å². The molecule has 0 unspecified atom stereocenters. The zero-order valence-electron chi connectivity index (χ0n) is 13.3. The lowest BCUT2D eigenvalue weighted by Gasteiger charge is -2.10. The van der Waals surface area contributed by atoms with Crippen molar-refractivity contribution in [2.24, 2.45) is 0 Å². The molecule has 0 aliphatic heterocycles. The molecule has 0 aliphatic rings. The lowest BCUT2D eigenvalue weighted by molar-refractivity contribution is -0.116. The minimum Gasteiger partial charge on any atom is -0.324 e. The summed E-state index contributed by atoms with van der Waals surface area (Å²) in [5.74, 6) is 0.560. The van der Waals surface area contributed by atoms with E-state index in [2.05, 4.69) is 47.1 Å². The molecule has 0 saturated carbocycles. The maximum atomic E-state index is 12.7. The summed E-state index contributed by atoms with van der Waals surface area (Å²) >= 11 is 8.38. The monoisotopic (exact) mass is 490 g/mol. The maximum absolute atomic E-state index is 12.7. The Balaban J connectivity index is 1.68. The fraction of sp³-hybridized carbons (Fsp3) is 0.0556. The van der Waals surface area contributed by atoms with Crippen LogP contribution in [0.25, 0.3) is 22.6 Å². The van der Waals surface area contributed by atoms with Gasteiger partial charge in [-0.15, -0.1) is 11.3 Å². The fourth-order valence-corrected chi connectivity index (χ4v) is 4.35. The highest BCUT2D eigenvalue weighted by atomic mass is 79.9. The first-order valence-corrected chi connectivity index (χ1v) is 10.2. The Morgan fingerprint density at radius 2 is 2.04 bits per heavy atom. The number of halogens is 2. The van der Waals surface area contributed by atoms with E-state index < -0.39 is 0 Å². The van der Waals surface area contributed by atoms with Crippen LogP contribution < -0.4 is 5.32 Å². The summed E-state index contributed by atoms with van der Waals surface area (Å²) in [5, 5.41) is 4.87. The first-order chi connectivity index (χ1) is 12.6. The molecule has 4 rings (SSSR count). The minimum absolute atomic E-state index is 0.132. The molecule has 0 fully saturated rings. The Morgan fingerprint density at radius 1 is 1.19 bits per heavy atom. The molecular weight excluding hydrogens is 480 g/mol. The molecular formula is C18H12Br2N4OS. The number of imidazole rings is 1. The molecule has 0 aliphatic carbocycles. The average Bonchev–Trinajstić information content (AvgIpc) is 3.26. The largest absolute Gasteiger partial charge is 0.324 e. The number of anilines is 1. The summed E-state index contributed by atoms with van der Waals surface area (Å²) in [4.78, 5) is 21.7. The Labute approximate surface area is 170 Å². The number of hydrogen-bond acceptors (Lipinski definition) is 4. The molecule has 2 aromatic carbocycles. The fourth-order valence-electron chi connectivity index (χ4n) is 2.68. The average molecular weight is 492 g/mol. The number of rotatable bonds is 4. The van der Waals surface area contributed by atoms with E-state index in [1.807, 2.05) is 52.4 Å². The van der Waals surface area contributed by atoms with Crippen molar-refractivity contribution in [2.45, 2.75) is 6.54 Å². The number of carbonyl (C=O) groups is 1. The van der Waals surface area contributed by atoms with Crippen molar-refractivity contribution in [1.82, 2.24) is 14.5 Å².